The van der Waals surface area contributed by atoms with Crippen LogP contribution in [0.2, 0.25) is 0 Å². The summed E-state index contributed by atoms with van der Waals surface area (Å²) in [5.74, 6) is 0.423. The van der Waals surface area contributed by atoms with Crippen molar-refractivity contribution in [2.24, 2.45) is 11.3 Å². The fourth-order valence-corrected chi connectivity index (χ4v) is 3.68. The molecule has 0 bridgehead atoms. The van der Waals surface area contributed by atoms with E-state index in [1.54, 1.807) is 13.0 Å². The molecule has 3 heteroatoms. The zero-order valence-corrected chi connectivity index (χ0v) is 11.9. The smallest absolute Gasteiger partial charge is 0.128 e. The molecule has 0 radical (unpaired) electrons. The Morgan fingerprint density at radius 2 is 2.16 bits per heavy atom. The van der Waals surface area contributed by atoms with Gasteiger partial charge in [0.1, 0.15) is 5.82 Å². The van der Waals surface area contributed by atoms with Crippen molar-refractivity contribution in [3.05, 3.63) is 29.6 Å². The van der Waals surface area contributed by atoms with Gasteiger partial charge in [-0.1, -0.05) is 19.9 Å². The summed E-state index contributed by atoms with van der Waals surface area (Å²) in [5, 5.41) is 3.52. The molecular weight excluding hydrogens is 241 g/mol. The molecule has 3 unspecified atom stereocenters. The lowest BCUT2D eigenvalue weighted by Crippen LogP contribution is -2.67. The maximum absolute atomic E-state index is 13.6. The van der Waals surface area contributed by atoms with E-state index in [2.05, 4.69) is 19.2 Å². The topological polar surface area (TPSA) is 21.3 Å². The van der Waals surface area contributed by atoms with E-state index >= 15 is 0 Å². The Balaban J connectivity index is 1.77. The summed E-state index contributed by atoms with van der Waals surface area (Å²) < 4.78 is 19.5. The van der Waals surface area contributed by atoms with Crippen LogP contribution in [0.4, 0.5) is 10.1 Å². The van der Waals surface area contributed by atoms with E-state index in [9.17, 15) is 4.39 Å². The van der Waals surface area contributed by atoms with Crippen molar-refractivity contribution in [2.75, 3.05) is 11.9 Å². The summed E-state index contributed by atoms with van der Waals surface area (Å²) in [6, 6.07) is 5.77. The minimum absolute atomic E-state index is 0.118. The SMILES string of the molecule is Cc1ccc(NC2C3CCCOC3C2(C)C)cc1F. The molecule has 0 amide bonds. The van der Waals surface area contributed by atoms with Crippen molar-refractivity contribution in [1.82, 2.24) is 0 Å². The predicted molar refractivity (Wildman–Crippen MR) is 74.8 cm³/mol. The monoisotopic (exact) mass is 263 g/mol. The standard InChI is InChI=1S/C16H22FNO/c1-10-6-7-11(9-13(10)17)18-14-12-5-4-8-19-15(12)16(14,2)3/h6-7,9,12,14-15,18H,4-5,8H2,1-3H3. The van der Waals surface area contributed by atoms with Crippen molar-refractivity contribution >= 4 is 5.69 Å². The molecule has 19 heavy (non-hydrogen) atoms. The Bertz CT molecular complexity index is 486. The van der Waals surface area contributed by atoms with Gasteiger partial charge in [0.15, 0.2) is 0 Å². The summed E-state index contributed by atoms with van der Waals surface area (Å²) in [7, 11) is 0. The molecule has 1 saturated heterocycles. The fraction of sp³-hybridized carbons (Fsp3) is 0.625. The van der Waals surface area contributed by atoms with Gasteiger partial charge in [0.2, 0.25) is 0 Å². The molecule has 1 saturated carbocycles. The summed E-state index contributed by atoms with van der Waals surface area (Å²) in [4.78, 5) is 0. The summed E-state index contributed by atoms with van der Waals surface area (Å²) >= 11 is 0. The summed E-state index contributed by atoms with van der Waals surface area (Å²) in [6.07, 6.45) is 2.70. The molecule has 1 N–H and O–H groups in total. The van der Waals surface area contributed by atoms with Gasteiger partial charge in [-0.3, -0.25) is 0 Å². The molecular formula is C16H22FNO. The second-order valence-electron chi connectivity index (χ2n) is 6.50. The number of aryl methyl sites for hydroxylation is 1. The van der Waals surface area contributed by atoms with Crippen molar-refractivity contribution in [3.8, 4) is 0 Å². The lowest BCUT2D eigenvalue weighted by atomic mass is 9.55. The summed E-state index contributed by atoms with van der Waals surface area (Å²) in [6.45, 7) is 7.15. The van der Waals surface area contributed by atoms with Crippen LogP contribution >= 0.6 is 0 Å². The van der Waals surface area contributed by atoms with Crippen LogP contribution in [0.3, 0.4) is 0 Å². The van der Waals surface area contributed by atoms with Crippen LogP contribution in [0.1, 0.15) is 32.3 Å². The molecule has 0 aromatic heterocycles. The van der Waals surface area contributed by atoms with Crippen molar-refractivity contribution in [2.45, 2.75) is 45.8 Å². The maximum Gasteiger partial charge on any atom is 0.128 e. The van der Waals surface area contributed by atoms with E-state index in [1.165, 1.54) is 6.42 Å². The zero-order valence-electron chi connectivity index (χ0n) is 11.9. The normalized spacial score (nSPS) is 32.3. The number of hydrogen-bond donors (Lipinski definition) is 1. The van der Waals surface area contributed by atoms with Gasteiger partial charge < -0.3 is 10.1 Å². The first-order valence-corrected chi connectivity index (χ1v) is 7.14. The number of fused-ring (bicyclic) bond motifs is 1. The van der Waals surface area contributed by atoms with E-state index in [4.69, 9.17) is 4.74 Å². The number of anilines is 1. The summed E-state index contributed by atoms with van der Waals surface area (Å²) in [5.41, 5.74) is 1.69. The molecule has 1 aromatic rings. The number of ether oxygens (including phenoxy) is 1. The minimum atomic E-state index is -0.140. The van der Waals surface area contributed by atoms with Gasteiger partial charge in [-0.25, -0.2) is 4.39 Å². The second-order valence-corrected chi connectivity index (χ2v) is 6.50. The van der Waals surface area contributed by atoms with E-state index in [1.807, 2.05) is 12.1 Å². The average molecular weight is 263 g/mol. The number of rotatable bonds is 2. The number of benzene rings is 1. The van der Waals surface area contributed by atoms with Crippen LogP contribution in [0.15, 0.2) is 18.2 Å². The number of nitrogens with one attached hydrogen (secondary N) is 1. The Hall–Kier alpha value is -1.09. The van der Waals surface area contributed by atoms with Crippen LogP contribution in [0.5, 0.6) is 0 Å². The number of hydrogen-bond acceptors (Lipinski definition) is 2. The molecule has 3 rings (SSSR count). The Labute approximate surface area is 114 Å². The molecule has 1 aliphatic carbocycles. The fourth-order valence-electron chi connectivity index (χ4n) is 3.68. The van der Waals surface area contributed by atoms with E-state index in [-0.39, 0.29) is 11.2 Å². The third kappa shape index (κ3) is 2.04. The van der Waals surface area contributed by atoms with Crippen LogP contribution in [-0.2, 0) is 4.74 Å². The Morgan fingerprint density at radius 3 is 2.89 bits per heavy atom. The lowest BCUT2D eigenvalue weighted by Gasteiger charge is -2.60. The number of halogens is 1. The van der Waals surface area contributed by atoms with Gasteiger partial charge >= 0.3 is 0 Å². The molecule has 0 spiro atoms. The molecule has 2 nitrogen and oxygen atoms in total. The Kier molecular flexibility index (Phi) is 3.05. The lowest BCUT2D eigenvalue weighted by molar-refractivity contribution is -0.177. The van der Waals surface area contributed by atoms with Crippen LogP contribution in [-0.4, -0.2) is 18.8 Å². The average Bonchev–Trinajstić information content (AvgIpc) is 2.40. The third-order valence-electron chi connectivity index (χ3n) is 4.83. The Morgan fingerprint density at radius 1 is 1.37 bits per heavy atom. The third-order valence-corrected chi connectivity index (χ3v) is 4.83. The predicted octanol–water partition coefficient (Wildman–Crippen LogP) is 3.75. The quantitative estimate of drug-likeness (QED) is 0.877. The van der Waals surface area contributed by atoms with Gasteiger partial charge in [0.05, 0.1) is 6.10 Å². The molecule has 104 valence electrons. The largest absolute Gasteiger partial charge is 0.381 e. The van der Waals surface area contributed by atoms with E-state index in [0.717, 1.165) is 18.7 Å². The highest BCUT2D eigenvalue weighted by Crippen LogP contribution is 2.52. The highest BCUT2D eigenvalue weighted by molar-refractivity contribution is 5.47. The molecule has 1 aromatic carbocycles. The molecule has 2 fully saturated rings. The van der Waals surface area contributed by atoms with Gasteiger partial charge in [0.25, 0.3) is 0 Å². The van der Waals surface area contributed by atoms with E-state index in [0.29, 0.717) is 23.6 Å². The highest BCUT2D eigenvalue weighted by Gasteiger charge is 2.57. The minimum Gasteiger partial charge on any atom is -0.381 e. The van der Waals surface area contributed by atoms with Crippen LogP contribution in [0.25, 0.3) is 0 Å². The van der Waals surface area contributed by atoms with Gasteiger partial charge in [0, 0.05) is 29.7 Å². The van der Waals surface area contributed by atoms with Gasteiger partial charge in [-0.2, -0.15) is 0 Å². The first-order valence-electron chi connectivity index (χ1n) is 7.14. The van der Waals surface area contributed by atoms with E-state index < -0.39 is 0 Å². The van der Waals surface area contributed by atoms with Crippen LogP contribution in [0, 0.1) is 24.1 Å². The van der Waals surface area contributed by atoms with Crippen molar-refractivity contribution < 1.29 is 9.13 Å². The van der Waals surface area contributed by atoms with Gasteiger partial charge in [-0.15, -0.1) is 0 Å². The van der Waals surface area contributed by atoms with Crippen LogP contribution < -0.4 is 5.32 Å². The molecule has 1 aliphatic heterocycles. The maximum atomic E-state index is 13.6. The zero-order chi connectivity index (χ0) is 13.6. The molecule has 3 atom stereocenters. The highest BCUT2D eigenvalue weighted by atomic mass is 19.1. The molecule has 2 aliphatic rings. The first-order chi connectivity index (χ1) is 9.00. The van der Waals surface area contributed by atoms with Crippen molar-refractivity contribution in [3.63, 3.8) is 0 Å². The second kappa shape index (κ2) is 4.48. The first kappa shape index (κ1) is 12.9. The van der Waals surface area contributed by atoms with Gasteiger partial charge in [-0.05, 0) is 37.5 Å². The molecule has 1 heterocycles. The van der Waals surface area contributed by atoms with Crippen molar-refractivity contribution in [1.29, 1.82) is 0 Å².